The number of rotatable bonds is 2. The van der Waals surface area contributed by atoms with Gasteiger partial charge in [0.05, 0.1) is 0 Å². The molecule has 2 rings (SSSR count). The summed E-state index contributed by atoms with van der Waals surface area (Å²) < 4.78 is 0. The molecule has 0 spiro atoms. The highest BCUT2D eigenvalue weighted by molar-refractivity contribution is 6.30. The number of nitrogens with two attached hydrogens (primary N) is 1. The Bertz CT molecular complexity index is 484. The molecule has 0 saturated carbocycles. The summed E-state index contributed by atoms with van der Waals surface area (Å²) in [5.41, 5.74) is 7.68. The maximum Gasteiger partial charge on any atom is 0.246 e. The van der Waals surface area contributed by atoms with Crippen molar-refractivity contribution in [1.82, 2.24) is 4.90 Å². The Labute approximate surface area is 112 Å². The van der Waals surface area contributed by atoms with Crippen LogP contribution >= 0.6 is 11.6 Å². The zero-order valence-electron chi connectivity index (χ0n) is 10.4. The number of hydrogen-bond donors (Lipinski definition) is 1. The highest BCUT2D eigenvalue weighted by atomic mass is 35.5. The molecule has 1 amide bonds. The maximum atomic E-state index is 12.0. The van der Waals surface area contributed by atoms with Crippen LogP contribution in [-0.2, 0) is 4.79 Å². The normalized spacial score (nSPS) is 20.3. The molecule has 1 saturated heterocycles. The van der Waals surface area contributed by atoms with E-state index in [0.717, 1.165) is 24.1 Å². The van der Waals surface area contributed by atoms with E-state index in [0.29, 0.717) is 11.6 Å². The summed E-state index contributed by atoms with van der Waals surface area (Å²) in [6.45, 7) is 3.32. The van der Waals surface area contributed by atoms with E-state index in [1.807, 2.05) is 31.2 Å². The average molecular weight is 265 g/mol. The lowest BCUT2D eigenvalue weighted by Gasteiger charge is -2.13. The molecule has 1 aliphatic rings. The molecule has 0 bridgehead atoms. The van der Waals surface area contributed by atoms with Crippen LogP contribution < -0.4 is 5.73 Å². The first-order chi connectivity index (χ1) is 8.56. The van der Waals surface area contributed by atoms with Crippen molar-refractivity contribution in [2.75, 3.05) is 13.1 Å². The summed E-state index contributed by atoms with van der Waals surface area (Å²) in [4.78, 5) is 13.8. The number of carbonyl (C=O) groups is 1. The summed E-state index contributed by atoms with van der Waals surface area (Å²) >= 11 is 5.93. The molecule has 1 fully saturated rings. The molecule has 0 aromatic heterocycles. The molecule has 18 heavy (non-hydrogen) atoms. The van der Waals surface area contributed by atoms with E-state index in [2.05, 4.69) is 0 Å². The topological polar surface area (TPSA) is 46.3 Å². The van der Waals surface area contributed by atoms with Crippen molar-refractivity contribution in [2.45, 2.75) is 19.4 Å². The summed E-state index contributed by atoms with van der Waals surface area (Å²) in [5.74, 6) is 0.0282. The highest BCUT2D eigenvalue weighted by Gasteiger charge is 2.22. The van der Waals surface area contributed by atoms with Gasteiger partial charge >= 0.3 is 0 Å². The largest absolute Gasteiger partial charge is 0.338 e. The predicted molar refractivity (Wildman–Crippen MR) is 74.3 cm³/mol. The number of nitrogens with zero attached hydrogens (tertiary/aromatic N) is 1. The van der Waals surface area contributed by atoms with Crippen LogP contribution in [0, 0.1) is 0 Å². The third-order valence-electron chi connectivity index (χ3n) is 3.16. The van der Waals surface area contributed by atoms with Crippen LogP contribution in [0.5, 0.6) is 0 Å². The third kappa shape index (κ3) is 3.12. The van der Waals surface area contributed by atoms with Crippen molar-refractivity contribution < 1.29 is 4.79 Å². The molecule has 0 aliphatic carbocycles. The monoisotopic (exact) mass is 264 g/mol. The van der Waals surface area contributed by atoms with Crippen LogP contribution in [0.2, 0.25) is 5.02 Å². The van der Waals surface area contributed by atoms with Gasteiger partial charge in [0, 0.05) is 30.2 Å². The first-order valence-electron chi connectivity index (χ1n) is 6.05. The lowest BCUT2D eigenvalue weighted by Crippen LogP contribution is -2.30. The number of carbonyl (C=O) groups excluding carboxylic acids is 1. The lowest BCUT2D eigenvalue weighted by atomic mass is 10.1. The second-order valence-electron chi connectivity index (χ2n) is 4.67. The van der Waals surface area contributed by atoms with Crippen LogP contribution in [0.4, 0.5) is 0 Å². The van der Waals surface area contributed by atoms with Crippen molar-refractivity contribution >= 4 is 23.1 Å². The smallest absolute Gasteiger partial charge is 0.246 e. The summed E-state index contributed by atoms with van der Waals surface area (Å²) in [7, 11) is 0. The molecule has 1 atom stereocenters. The zero-order valence-corrected chi connectivity index (χ0v) is 11.2. The Hall–Kier alpha value is -1.32. The highest BCUT2D eigenvalue weighted by Crippen LogP contribution is 2.19. The summed E-state index contributed by atoms with van der Waals surface area (Å²) in [6, 6.07) is 7.62. The van der Waals surface area contributed by atoms with E-state index < -0.39 is 0 Å². The van der Waals surface area contributed by atoms with Crippen LogP contribution in [-0.4, -0.2) is 29.9 Å². The van der Waals surface area contributed by atoms with Crippen LogP contribution in [0.1, 0.15) is 18.9 Å². The Morgan fingerprint density at radius 3 is 2.94 bits per heavy atom. The number of hydrogen-bond acceptors (Lipinski definition) is 2. The molecule has 1 aromatic carbocycles. The van der Waals surface area contributed by atoms with E-state index in [1.165, 1.54) is 0 Å². The fourth-order valence-electron chi connectivity index (χ4n) is 2.08. The Kier molecular flexibility index (Phi) is 4.04. The van der Waals surface area contributed by atoms with Crippen LogP contribution in [0.3, 0.4) is 0 Å². The van der Waals surface area contributed by atoms with Gasteiger partial charge in [-0.05, 0) is 36.6 Å². The molecule has 4 heteroatoms. The molecule has 1 heterocycles. The van der Waals surface area contributed by atoms with Gasteiger partial charge in [0.1, 0.15) is 0 Å². The quantitative estimate of drug-likeness (QED) is 0.834. The minimum atomic E-state index is 0.0282. The first kappa shape index (κ1) is 13.1. The number of amides is 1. The van der Waals surface area contributed by atoms with Crippen molar-refractivity contribution in [3.8, 4) is 0 Å². The standard InChI is InChI=1S/C14H17ClN2O/c1-10(11-3-2-4-12(15)8-11)7-14(18)17-6-5-13(16)9-17/h2-4,7-8,13H,5-6,9,16H2,1H3/b10-7+. The molecule has 2 N–H and O–H groups in total. The molecule has 3 nitrogen and oxygen atoms in total. The van der Waals surface area contributed by atoms with Gasteiger partial charge in [0.25, 0.3) is 0 Å². The van der Waals surface area contributed by atoms with Crippen LogP contribution in [0.25, 0.3) is 5.57 Å². The number of halogens is 1. The van der Waals surface area contributed by atoms with Gasteiger partial charge in [-0.15, -0.1) is 0 Å². The molecule has 1 aliphatic heterocycles. The minimum absolute atomic E-state index is 0.0282. The van der Waals surface area contributed by atoms with Gasteiger partial charge in [-0.3, -0.25) is 4.79 Å². The van der Waals surface area contributed by atoms with E-state index in [1.54, 1.807) is 11.0 Å². The van der Waals surface area contributed by atoms with Gasteiger partial charge in [0.15, 0.2) is 0 Å². The molecular formula is C14H17ClN2O. The van der Waals surface area contributed by atoms with E-state index >= 15 is 0 Å². The minimum Gasteiger partial charge on any atom is -0.338 e. The summed E-state index contributed by atoms with van der Waals surface area (Å²) in [6.07, 6.45) is 2.54. The van der Waals surface area contributed by atoms with Crippen molar-refractivity contribution in [1.29, 1.82) is 0 Å². The molecular weight excluding hydrogens is 248 g/mol. The van der Waals surface area contributed by atoms with Crippen LogP contribution in [0.15, 0.2) is 30.3 Å². The Morgan fingerprint density at radius 2 is 2.33 bits per heavy atom. The summed E-state index contributed by atoms with van der Waals surface area (Å²) in [5, 5.41) is 0.677. The van der Waals surface area contributed by atoms with Gasteiger partial charge in [-0.1, -0.05) is 23.7 Å². The zero-order chi connectivity index (χ0) is 13.1. The fourth-order valence-corrected chi connectivity index (χ4v) is 2.27. The van der Waals surface area contributed by atoms with Gasteiger partial charge in [-0.2, -0.15) is 0 Å². The Morgan fingerprint density at radius 1 is 1.56 bits per heavy atom. The second kappa shape index (κ2) is 5.55. The van der Waals surface area contributed by atoms with E-state index in [9.17, 15) is 4.79 Å². The van der Waals surface area contributed by atoms with E-state index in [-0.39, 0.29) is 11.9 Å². The van der Waals surface area contributed by atoms with E-state index in [4.69, 9.17) is 17.3 Å². The van der Waals surface area contributed by atoms with Crippen molar-refractivity contribution in [3.63, 3.8) is 0 Å². The number of benzene rings is 1. The third-order valence-corrected chi connectivity index (χ3v) is 3.39. The fraction of sp³-hybridized carbons (Fsp3) is 0.357. The Balaban J connectivity index is 2.10. The first-order valence-corrected chi connectivity index (χ1v) is 6.43. The lowest BCUT2D eigenvalue weighted by molar-refractivity contribution is -0.125. The number of allylic oxidation sites excluding steroid dienone is 1. The van der Waals surface area contributed by atoms with Gasteiger partial charge in [0.2, 0.25) is 5.91 Å². The SMILES string of the molecule is C/C(=C\C(=O)N1CCC(N)C1)c1cccc(Cl)c1. The average Bonchev–Trinajstić information content (AvgIpc) is 2.76. The second-order valence-corrected chi connectivity index (χ2v) is 5.11. The predicted octanol–water partition coefficient (Wildman–Crippen LogP) is 2.30. The molecule has 0 radical (unpaired) electrons. The molecule has 1 aromatic rings. The van der Waals surface area contributed by atoms with Gasteiger partial charge < -0.3 is 10.6 Å². The van der Waals surface area contributed by atoms with Crippen molar-refractivity contribution in [2.24, 2.45) is 5.73 Å². The maximum absolute atomic E-state index is 12.0. The van der Waals surface area contributed by atoms with Crippen molar-refractivity contribution in [3.05, 3.63) is 40.9 Å². The molecule has 1 unspecified atom stereocenters. The number of likely N-dealkylation sites (tertiary alicyclic amines) is 1. The van der Waals surface area contributed by atoms with Gasteiger partial charge in [-0.25, -0.2) is 0 Å². The molecule has 96 valence electrons.